The van der Waals surface area contributed by atoms with Gasteiger partial charge in [0.25, 0.3) is 5.56 Å². The first-order valence-corrected chi connectivity index (χ1v) is 11.5. The quantitative estimate of drug-likeness (QED) is 0.569. The zero-order chi connectivity index (χ0) is 21.5. The van der Waals surface area contributed by atoms with E-state index in [1.807, 2.05) is 0 Å². The molecule has 2 heterocycles. The molecule has 30 heavy (non-hydrogen) atoms. The minimum Gasteiger partial charge on any atom is -0.326 e. The van der Waals surface area contributed by atoms with Crippen LogP contribution in [-0.4, -0.2) is 15.9 Å². The van der Waals surface area contributed by atoms with Crippen molar-refractivity contribution in [2.45, 2.75) is 52.9 Å². The second kappa shape index (κ2) is 8.16. The number of halogens is 1. The number of anilines is 1. The van der Waals surface area contributed by atoms with Crippen LogP contribution in [-0.2, 0) is 24.1 Å². The van der Waals surface area contributed by atoms with Crippen LogP contribution in [0.3, 0.4) is 0 Å². The van der Waals surface area contributed by atoms with Gasteiger partial charge in [-0.25, -0.2) is 4.98 Å². The Labute approximate surface area is 184 Å². The van der Waals surface area contributed by atoms with E-state index in [-0.39, 0.29) is 23.3 Å². The number of aromatic nitrogens is 2. The molecule has 1 unspecified atom stereocenters. The van der Waals surface area contributed by atoms with Crippen LogP contribution in [0.25, 0.3) is 10.2 Å². The molecule has 7 heteroatoms. The van der Waals surface area contributed by atoms with Crippen LogP contribution in [0.2, 0.25) is 5.02 Å². The number of H-pyrrole nitrogens is 1. The molecule has 1 atom stereocenters. The molecule has 0 saturated carbocycles. The van der Waals surface area contributed by atoms with Gasteiger partial charge >= 0.3 is 0 Å². The molecule has 1 aliphatic rings. The number of benzene rings is 1. The molecule has 1 amide bonds. The summed E-state index contributed by atoms with van der Waals surface area (Å²) in [5.41, 5.74) is 2.00. The summed E-state index contributed by atoms with van der Waals surface area (Å²) in [6.45, 7) is 6.86. The van der Waals surface area contributed by atoms with E-state index in [0.29, 0.717) is 28.9 Å². The first kappa shape index (κ1) is 21.1. The van der Waals surface area contributed by atoms with Crippen LogP contribution in [0.1, 0.15) is 49.9 Å². The predicted molar refractivity (Wildman–Crippen MR) is 124 cm³/mol. The molecule has 0 aliphatic heterocycles. The zero-order valence-electron chi connectivity index (χ0n) is 17.5. The van der Waals surface area contributed by atoms with E-state index in [2.05, 4.69) is 36.1 Å². The molecule has 0 radical (unpaired) electrons. The number of carbonyl (C=O) groups excluding carboxylic acids is 1. The van der Waals surface area contributed by atoms with Crippen LogP contribution in [0.5, 0.6) is 0 Å². The second-order valence-electron chi connectivity index (χ2n) is 9.06. The molecule has 0 spiro atoms. The number of aromatic amines is 1. The van der Waals surface area contributed by atoms with Crippen molar-refractivity contribution in [1.29, 1.82) is 0 Å². The molecule has 5 nitrogen and oxygen atoms in total. The van der Waals surface area contributed by atoms with Gasteiger partial charge in [-0.1, -0.05) is 38.4 Å². The SMILES string of the molecule is CC(C)(C)C1CCc2c(sc3nc(CCC(=O)Nc4cccc(Cl)c4)[nH]c(=O)c23)C1. The van der Waals surface area contributed by atoms with Gasteiger partial charge in [-0.2, -0.15) is 0 Å². The number of nitrogens with one attached hydrogen (secondary N) is 2. The number of carbonyl (C=O) groups is 1. The summed E-state index contributed by atoms with van der Waals surface area (Å²) in [5.74, 6) is 1.03. The van der Waals surface area contributed by atoms with Crippen LogP contribution in [0.15, 0.2) is 29.1 Å². The number of rotatable bonds is 4. The maximum atomic E-state index is 12.8. The van der Waals surface area contributed by atoms with E-state index in [0.717, 1.165) is 29.5 Å². The van der Waals surface area contributed by atoms with Gasteiger partial charge in [-0.3, -0.25) is 9.59 Å². The molecule has 1 aromatic carbocycles. The van der Waals surface area contributed by atoms with Crippen molar-refractivity contribution in [2.75, 3.05) is 5.32 Å². The van der Waals surface area contributed by atoms with Gasteiger partial charge in [-0.15, -0.1) is 11.3 Å². The maximum Gasteiger partial charge on any atom is 0.259 e. The highest BCUT2D eigenvalue weighted by molar-refractivity contribution is 7.18. The van der Waals surface area contributed by atoms with Gasteiger partial charge in [0.1, 0.15) is 10.7 Å². The van der Waals surface area contributed by atoms with Crippen molar-refractivity contribution in [3.63, 3.8) is 0 Å². The normalized spacial score (nSPS) is 16.5. The summed E-state index contributed by atoms with van der Waals surface area (Å²) in [6, 6.07) is 7.03. The molecule has 158 valence electrons. The summed E-state index contributed by atoms with van der Waals surface area (Å²) in [6.07, 6.45) is 3.66. The van der Waals surface area contributed by atoms with Gasteiger partial charge in [0, 0.05) is 28.4 Å². The third-order valence-corrected chi connectivity index (χ3v) is 7.27. The van der Waals surface area contributed by atoms with Crippen molar-refractivity contribution in [1.82, 2.24) is 9.97 Å². The molecule has 0 saturated heterocycles. The van der Waals surface area contributed by atoms with Gasteiger partial charge in [-0.05, 0) is 54.4 Å². The Hall–Kier alpha value is -2.18. The molecular formula is C23H26ClN3O2S. The molecule has 3 aromatic rings. The topological polar surface area (TPSA) is 74.8 Å². The van der Waals surface area contributed by atoms with E-state index in [4.69, 9.17) is 11.6 Å². The lowest BCUT2D eigenvalue weighted by molar-refractivity contribution is -0.116. The van der Waals surface area contributed by atoms with Gasteiger partial charge in [0.15, 0.2) is 0 Å². The summed E-state index contributed by atoms with van der Waals surface area (Å²) in [7, 11) is 0. The predicted octanol–water partition coefficient (Wildman–Crippen LogP) is 5.36. The Morgan fingerprint density at radius 3 is 2.90 bits per heavy atom. The average Bonchev–Trinajstić information content (AvgIpc) is 3.03. The first-order valence-electron chi connectivity index (χ1n) is 10.3. The van der Waals surface area contributed by atoms with Crippen LogP contribution >= 0.6 is 22.9 Å². The molecule has 0 fully saturated rings. The first-order chi connectivity index (χ1) is 14.2. The number of amides is 1. The standard InChI is InChI=1S/C23H26ClN3O2S/c1-23(2,3)13-7-8-16-17(11-13)30-22-20(16)21(29)26-18(27-22)9-10-19(28)25-15-6-4-5-14(24)12-15/h4-6,12-13H,7-11H2,1-3H3,(H,25,28)(H,26,27,29). The molecule has 4 rings (SSSR count). The van der Waals surface area contributed by atoms with Gasteiger partial charge in [0.2, 0.25) is 5.91 Å². The molecule has 2 aromatic heterocycles. The van der Waals surface area contributed by atoms with Crippen molar-refractivity contribution >= 4 is 44.7 Å². The smallest absolute Gasteiger partial charge is 0.259 e. The minimum absolute atomic E-state index is 0.0861. The van der Waals surface area contributed by atoms with E-state index < -0.39 is 0 Å². The largest absolute Gasteiger partial charge is 0.326 e. The zero-order valence-corrected chi connectivity index (χ0v) is 19.0. The molecule has 1 aliphatic carbocycles. The fourth-order valence-corrected chi connectivity index (χ4v) is 5.62. The fourth-order valence-electron chi connectivity index (χ4n) is 4.11. The van der Waals surface area contributed by atoms with E-state index in [1.165, 1.54) is 10.4 Å². The maximum absolute atomic E-state index is 12.8. The third kappa shape index (κ3) is 4.44. The summed E-state index contributed by atoms with van der Waals surface area (Å²) < 4.78 is 0. The van der Waals surface area contributed by atoms with E-state index in [1.54, 1.807) is 35.6 Å². The fraction of sp³-hybridized carbons (Fsp3) is 0.435. The van der Waals surface area contributed by atoms with Crippen molar-refractivity contribution in [3.8, 4) is 0 Å². The van der Waals surface area contributed by atoms with E-state index >= 15 is 0 Å². The monoisotopic (exact) mass is 443 g/mol. The Kier molecular flexibility index (Phi) is 5.73. The lowest BCUT2D eigenvalue weighted by atomic mass is 9.72. The van der Waals surface area contributed by atoms with Gasteiger partial charge in [0.05, 0.1) is 5.39 Å². The Morgan fingerprint density at radius 2 is 2.17 bits per heavy atom. The summed E-state index contributed by atoms with van der Waals surface area (Å²) >= 11 is 7.59. The number of fused-ring (bicyclic) bond motifs is 3. The molecular weight excluding hydrogens is 418 g/mol. The van der Waals surface area contributed by atoms with Crippen LogP contribution < -0.4 is 10.9 Å². The number of aryl methyl sites for hydroxylation is 2. The molecule has 0 bridgehead atoms. The lowest BCUT2D eigenvalue weighted by Gasteiger charge is -2.33. The number of hydrogen-bond donors (Lipinski definition) is 2. The van der Waals surface area contributed by atoms with Crippen molar-refractivity contribution in [3.05, 3.63) is 55.9 Å². The highest BCUT2D eigenvalue weighted by Crippen LogP contribution is 2.41. The Bertz CT molecular complexity index is 1160. The number of hydrogen-bond acceptors (Lipinski definition) is 4. The van der Waals surface area contributed by atoms with Crippen molar-refractivity contribution < 1.29 is 4.79 Å². The van der Waals surface area contributed by atoms with Gasteiger partial charge < -0.3 is 10.3 Å². The van der Waals surface area contributed by atoms with Crippen LogP contribution in [0.4, 0.5) is 5.69 Å². The summed E-state index contributed by atoms with van der Waals surface area (Å²) in [5, 5.41) is 4.14. The lowest BCUT2D eigenvalue weighted by Crippen LogP contribution is -2.26. The van der Waals surface area contributed by atoms with E-state index in [9.17, 15) is 9.59 Å². The number of thiophene rings is 1. The Morgan fingerprint density at radius 1 is 1.37 bits per heavy atom. The third-order valence-electron chi connectivity index (χ3n) is 5.89. The second-order valence-corrected chi connectivity index (χ2v) is 10.6. The average molecular weight is 444 g/mol. The highest BCUT2D eigenvalue weighted by Gasteiger charge is 2.31. The number of nitrogens with zero attached hydrogens (tertiary/aromatic N) is 1. The van der Waals surface area contributed by atoms with Crippen LogP contribution in [0, 0.1) is 11.3 Å². The molecule has 2 N–H and O–H groups in total. The summed E-state index contributed by atoms with van der Waals surface area (Å²) in [4.78, 5) is 34.7. The Balaban J connectivity index is 1.50. The highest BCUT2D eigenvalue weighted by atomic mass is 35.5. The van der Waals surface area contributed by atoms with Crippen molar-refractivity contribution in [2.24, 2.45) is 11.3 Å². The minimum atomic E-state index is -0.140.